The van der Waals surface area contributed by atoms with Crippen molar-refractivity contribution in [3.8, 4) is 5.75 Å². The molecule has 1 rings (SSSR count). The highest BCUT2D eigenvalue weighted by atomic mass is 19.3. The second kappa shape index (κ2) is 5.93. The Hall–Kier alpha value is -1.20. The summed E-state index contributed by atoms with van der Waals surface area (Å²) in [5.41, 5.74) is 0.336. The first-order chi connectivity index (χ1) is 8.01. The lowest BCUT2D eigenvalue weighted by atomic mass is 9.89. The molecule has 0 amide bonds. The van der Waals surface area contributed by atoms with Crippen molar-refractivity contribution in [2.75, 3.05) is 13.7 Å². The molecule has 0 fully saturated rings. The van der Waals surface area contributed by atoms with E-state index in [1.54, 1.807) is 19.2 Å². The summed E-state index contributed by atoms with van der Waals surface area (Å²) in [5.74, 6) is 0.122. The Morgan fingerprint density at radius 3 is 2.71 bits per heavy atom. The summed E-state index contributed by atoms with van der Waals surface area (Å²) >= 11 is 0. The summed E-state index contributed by atoms with van der Waals surface area (Å²) in [7, 11) is 1.76. The van der Waals surface area contributed by atoms with E-state index in [4.69, 9.17) is 5.11 Å². The Kier molecular flexibility index (Phi) is 4.84. The molecule has 0 bridgehead atoms. The number of ether oxygens (including phenoxy) is 1. The van der Waals surface area contributed by atoms with Crippen LogP contribution in [0.4, 0.5) is 8.78 Å². The van der Waals surface area contributed by atoms with Crippen LogP contribution in [0.2, 0.25) is 0 Å². The number of aliphatic hydroxyl groups excluding tert-OH is 1. The van der Waals surface area contributed by atoms with E-state index < -0.39 is 12.2 Å². The van der Waals surface area contributed by atoms with E-state index in [9.17, 15) is 8.78 Å². The number of alkyl halides is 2. The molecule has 0 spiro atoms. The van der Waals surface area contributed by atoms with E-state index in [-0.39, 0.29) is 12.4 Å². The molecule has 1 atom stereocenters. The Morgan fingerprint density at radius 1 is 1.47 bits per heavy atom. The van der Waals surface area contributed by atoms with Gasteiger partial charge in [-0.25, -0.2) is 0 Å². The molecule has 0 heterocycles. The molecular weight excluding hydrogens is 228 g/mol. The van der Waals surface area contributed by atoms with Gasteiger partial charge in [-0.15, -0.1) is 0 Å². The number of hydrogen-bond acceptors (Lipinski definition) is 3. The van der Waals surface area contributed by atoms with Crippen molar-refractivity contribution in [2.45, 2.75) is 25.5 Å². The maximum absolute atomic E-state index is 12.1. The first-order valence-electron chi connectivity index (χ1n) is 5.37. The van der Waals surface area contributed by atoms with E-state index in [1.165, 1.54) is 6.07 Å². The van der Waals surface area contributed by atoms with Crippen LogP contribution in [-0.2, 0) is 5.54 Å². The van der Waals surface area contributed by atoms with Crippen molar-refractivity contribution in [3.05, 3.63) is 29.8 Å². The molecule has 0 radical (unpaired) electrons. The fourth-order valence-corrected chi connectivity index (χ4v) is 1.65. The number of rotatable bonds is 6. The Balaban J connectivity index is 2.96. The third-order valence-corrected chi connectivity index (χ3v) is 2.86. The maximum atomic E-state index is 12.1. The maximum Gasteiger partial charge on any atom is 0.387 e. The molecule has 0 aliphatic rings. The third kappa shape index (κ3) is 3.64. The zero-order valence-corrected chi connectivity index (χ0v) is 9.91. The summed E-state index contributed by atoms with van der Waals surface area (Å²) in [6.07, 6.45) is 0.488. The molecule has 96 valence electrons. The molecule has 1 aromatic carbocycles. The minimum atomic E-state index is -2.83. The highest BCUT2D eigenvalue weighted by Crippen LogP contribution is 2.27. The Bertz CT molecular complexity index is 360. The van der Waals surface area contributed by atoms with Gasteiger partial charge < -0.3 is 15.2 Å². The monoisotopic (exact) mass is 245 g/mol. The Morgan fingerprint density at radius 2 is 2.18 bits per heavy atom. The largest absolute Gasteiger partial charge is 0.435 e. The van der Waals surface area contributed by atoms with Gasteiger partial charge in [0.05, 0.1) is 0 Å². The second-order valence-electron chi connectivity index (χ2n) is 3.96. The van der Waals surface area contributed by atoms with Crippen LogP contribution in [0, 0.1) is 0 Å². The molecule has 0 aromatic heterocycles. The fraction of sp³-hybridized carbons (Fsp3) is 0.500. The minimum Gasteiger partial charge on any atom is -0.435 e. The minimum absolute atomic E-state index is 0.0112. The van der Waals surface area contributed by atoms with Crippen LogP contribution < -0.4 is 10.1 Å². The number of aliphatic hydroxyl groups is 1. The number of benzene rings is 1. The molecule has 0 saturated heterocycles. The zero-order valence-electron chi connectivity index (χ0n) is 9.91. The normalized spacial score (nSPS) is 14.7. The van der Waals surface area contributed by atoms with Gasteiger partial charge in [0.15, 0.2) is 0 Å². The van der Waals surface area contributed by atoms with Gasteiger partial charge in [0.2, 0.25) is 0 Å². The average molecular weight is 245 g/mol. The summed E-state index contributed by atoms with van der Waals surface area (Å²) in [5, 5.41) is 12.1. The number of nitrogens with one attached hydrogen (secondary N) is 1. The topological polar surface area (TPSA) is 41.5 Å². The number of hydrogen-bond donors (Lipinski definition) is 2. The van der Waals surface area contributed by atoms with E-state index in [2.05, 4.69) is 10.1 Å². The van der Waals surface area contributed by atoms with Crippen LogP contribution in [0.25, 0.3) is 0 Å². The van der Waals surface area contributed by atoms with Gasteiger partial charge in [0.1, 0.15) is 5.75 Å². The molecule has 5 heteroatoms. The van der Waals surface area contributed by atoms with Gasteiger partial charge in [0.25, 0.3) is 0 Å². The van der Waals surface area contributed by atoms with Crippen molar-refractivity contribution >= 4 is 0 Å². The average Bonchev–Trinajstić information content (AvgIpc) is 2.28. The predicted octanol–water partition coefficient (Wildman–Crippen LogP) is 2.11. The lowest BCUT2D eigenvalue weighted by Gasteiger charge is -2.29. The summed E-state index contributed by atoms with van der Waals surface area (Å²) in [6, 6.07) is 6.49. The van der Waals surface area contributed by atoms with Crippen LogP contribution >= 0.6 is 0 Å². The van der Waals surface area contributed by atoms with Crippen LogP contribution in [0.5, 0.6) is 5.75 Å². The van der Waals surface area contributed by atoms with Crippen molar-refractivity contribution < 1.29 is 18.6 Å². The highest BCUT2D eigenvalue weighted by Gasteiger charge is 2.24. The quantitative estimate of drug-likeness (QED) is 0.806. The van der Waals surface area contributed by atoms with Gasteiger partial charge in [-0.2, -0.15) is 8.78 Å². The third-order valence-electron chi connectivity index (χ3n) is 2.86. The lowest BCUT2D eigenvalue weighted by molar-refractivity contribution is -0.0499. The molecule has 1 unspecified atom stereocenters. The second-order valence-corrected chi connectivity index (χ2v) is 3.96. The first-order valence-corrected chi connectivity index (χ1v) is 5.37. The van der Waals surface area contributed by atoms with Gasteiger partial charge in [-0.1, -0.05) is 12.1 Å². The fourth-order valence-electron chi connectivity index (χ4n) is 1.65. The summed E-state index contributed by atoms with van der Waals surface area (Å²) in [4.78, 5) is 0. The Labute approximate surface area is 99.4 Å². The SMILES string of the molecule is CNC(C)(CCO)c1cccc(OC(F)F)c1. The van der Waals surface area contributed by atoms with Gasteiger partial charge in [-0.3, -0.25) is 0 Å². The predicted molar refractivity (Wildman–Crippen MR) is 61.2 cm³/mol. The molecule has 0 saturated carbocycles. The molecule has 0 aliphatic heterocycles. The first kappa shape index (κ1) is 13.9. The zero-order chi connectivity index (χ0) is 12.9. The molecule has 0 aliphatic carbocycles. The van der Waals surface area contributed by atoms with E-state index in [0.717, 1.165) is 5.56 Å². The van der Waals surface area contributed by atoms with Gasteiger partial charge in [0, 0.05) is 12.1 Å². The van der Waals surface area contributed by atoms with Gasteiger partial charge in [-0.05, 0) is 38.1 Å². The molecular formula is C12H17F2NO2. The molecule has 17 heavy (non-hydrogen) atoms. The van der Waals surface area contributed by atoms with Crippen LogP contribution in [-0.4, -0.2) is 25.4 Å². The molecule has 3 nitrogen and oxygen atoms in total. The van der Waals surface area contributed by atoms with E-state index >= 15 is 0 Å². The molecule has 2 N–H and O–H groups in total. The van der Waals surface area contributed by atoms with Crippen molar-refractivity contribution in [1.29, 1.82) is 0 Å². The van der Waals surface area contributed by atoms with E-state index in [1.807, 2.05) is 13.0 Å². The van der Waals surface area contributed by atoms with Crippen molar-refractivity contribution in [3.63, 3.8) is 0 Å². The molecule has 1 aromatic rings. The van der Waals surface area contributed by atoms with Crippen molar-refractivity contribution in [1.82, 2.24) is 5.32 Å². The van der Waals surface area contributed by atoms with Crippen LogP contribution in [0.15, 0.2) is 24.3 Å². The van der Waals surface area contributed by atoms with Gasteiger partial charge >= 0.3 is 6.61 Å². The van der Waals surface area contributed by atoms with Crippen molar-refractivity contribution in [2.24, 2.45) is 0 Å². The van der Waals surface area contributed by atoms with E-state index in [0.29, 0.717) is 6.42 Å². The smallest absolute Gasteiger partial charge is 0.387 e. The summed E-state index contributed by atoms with van der Waals surface area (Å²) < 4.78 is 28.6. The van der Waals surface area contributed by atoms with Crippen LogP contribution in [0.3, 0.4) is 0 Å². The lowest BCUT2D eigenvalue weighted by Crippen LogP contribution is -2.37. The standard InChI is InChI=1S/C12H17F2NO2/c1-12(15-2,6-7-16)9-4-3-5-10(8-9)17-11(13)14/h3-5,8,11,15-16H,6-7H2,1-2H3. The highest BCUT2D eigenvalue weighted by molar-refractivity contribution is 5.33. The van der Waals surface area contributed by atoms with Crippen LogP contribution in [0.1, 0.15) is 18.9 Å². The number of halogens is 2. The summed E-state index contributed by atoms with van der Waals surface area (Å²) in [6.45, 7) is -0.925.